The molecule has 1 aromatic carbocycles. The van der Waals surface area contributed by atoms with Gasteiger partial charge in [0.25, 0.3) is 0 Å². The second kappa shape index (κ2) is 8.59. The van der Waals surface area contributed by atoms with Crippen molar-refractivity contribution < 1.29 is 19.1 Å². The normalized spacial score (nSPS) is 15.8. The fraction of sp³-hybridized carbons (Fsp3) is 0.500. The molecule has 1 saturated heterocycles. The number of nitrogens with zero attached hydrogens (tertiary/aromatic N) is 1. The Morgan fingerprint density at radius 1 is 1.21 bits per heavy atom. The Hall–Kier alpha value is -2.21. The van der Waals surface area contributed by atoms with Crippen LogP contribution in [0.2, 0.25) is 0 Å². The lowest BCUT2D eigenvalue weighted by molar-refractivity contribution is -0.149. The molecule has 1 heterocycles. The van der Waals surface area contributed by atoms with Crippen molar-refractivity contribution in [3.05, 3.63) is 29.8 Å². The van der Waals surface area contributed by atoms with Gasteiger partial charge in [-0.15, -0.1) is 0 Å². The van der Waals surface area contributed by atoms with Crippen LogP contribution in [0.1, 0.15) is 37.0 Å². The van der Waals surface area contributed by atoms with Crippen molar-refractivity contribution in [3.63, 3.8) is 0 Å². The maximum absolute atomic E-state index is 12.2. The summed E-state index contributed by atoms with van der Waals surface area (Å²) in [6, 6.07) is 6.98. The highest BCUT2D eigenvalue weighted by atomic mass is 16.5. The predicted molar refractivity (Wildman–Crippen MR) is 90.9 cm³/mol. The Kier molecular flexibility index (Phi) is 6.49. The van der Waals surface area contributed by atoms with Crippen molar-refractivity contribution in [2.75, 3.05) is 31.6 Å². The second-order valence-electron chi connectivity index (χ2n) is 5.95. The molecule has 0 saturated carbocycles. The van der Waals surface area contributed by atoms with Gasteiger partial charge in [-0.1, -0.05) is 12.1 Å². The van der Waals surface area contributed by atoms with E-state index in [-0.39, 0.29) is 30.1 Å². The fourth-order valence-electron chi connectivity index (χ4n) is 2.88. The van der Waals surface area contributed by atoms with Crippen LogP contribution in [0.5, 0.6) is 0 Å². The number of nitrogens with one attached hydrogen (secondary N) is 1. The molecule has 1 amide bonds. The van der Waals surface area contributed by atoms with E-state index < -0.39 is 0 Å². The first-order valence-corrected chi connectivity index (χ1v) is 8.30. The van der Waals surface area contributed by atoms with E-state index in [1.165, 1.54) is 6.92 Å². The van der Waals surface area contributed by atoms with Gasteiger partial charge in [0.15, 0.2) is 5.78 Å². The number of ketones is 1. The molecule has 1 N–H and O–H groups in total. The Bertz CT molecular complexity index is 607. The Balaban J connectivity index is 1.84. The number of carbonyl (C=O) groups is 3. The average Bonchev–Trinajstić information content (AvgIpc) is 2.56. The van der Waals surface area contributed by atoms with Gasteiger partial charge in [-0.05, 0) is 51.9 Å². The lowest BCUT2D eigenvalue weighted by Crippen LogP contribution is -2.41. The molecule has 1 fully saturated rings. The SMILES string of the molecule is CCOC(=O)C1CCN(CC(=O)Nc2ccccc2C(C)=O)CC1. The topological polar surface area (TPSA) is 75.7 Å². The highest BCUT2D eigenvalue weighted by Gasteiger charge is 2.26. The number of hydrogen-bond donors (Lipinski definition) is 1. The monoisotopic (exact) mass is 332 g/mol. The third-order valence-electron chi connectivity index (χ3n) is 4.16. The smallest absolute Gasteiger partial charge is 0.309 e. The minimum Gasteiger partial charge on any atom is -0.466 e. The summed E-state index contributed by atoms with van der Waals surface area (Å²) < 4.78 is 5.04. The Labute approximate surface area is 142 Å². The van der Waals surface area contributed by atoms with Gasteiger partial charge in [0.1, 0.15) is 0 Å². The van der Waals surface area contributed by atoms with Gasteiger partial charge in [-0.25, -0.2) is 0 Å². The van der Waals surface area contributed by atoms with Gasteiger partial charge in [0.05, 0.1) is 24.8 Å². The summed E-state index contributed by atoms with van der Waals surface area (Å²) in [4.78, 5) is 37.5. The van der Waals surface area contributed by atoms with E-state index in [2.05, 4.69) is 5.32 Å². The van der Waals surface area contributed by atoms with Gasteiger partial charge in [-0.3, -0.25) is 19.3 Å². The zero-order chi connectivity index (χ0) is 17.5. The number of carbonyl (C=O) groups excluding carboxylic acids is 3. The van der Waals surface area contributed by atoms with Crippen molar-refractivity contribution in [2.45, 2.75) is 26.7 Å². The van der Waals surface area contributed by atoms with Gasteiger partial charge >= 0.3 is 5.97 Å². The lowest BCUT2D eigenvalue weighted by atomic mass is 9.97. The van der Waals surface area contributed by atoms with E-state index in [4.69, 9.17) is 4.74 Å². The molecule has 2 rings (SSSR count). The molecule has 1 aliphatic rings. The molecule has 0 unspecified atom stereocenters. The molecule has 0 spiro atoms. The maximum atomic E-state index is 12.2. The lowest BCUT2D eigenvalue weighted by Gasteiger charge is -2.30. The van der Waals surface area contributed by atoms with E-state index in [9.17, 15) is 14.4 Å². The Morgan fingerprint density at radius 3 is 2.50 bits per heavy atom. The predicted octanol–water partition coefficient (Wildman–Crippen LogP) is 2.10. The van der Waals surface area contributed by atoms with Gasteiger partial charge in [0, 0.05) is 5.56 Å². The highest BCUT2D eigenvalue weighted by molar-refractivity contribution is 6.04. The number of esters is 1. The molecule has 24 heavy (non-hydrogen) atoms. The number of amides is 1. The van der Waals surface area contributed by atoms with Crippen LogP contribution in [-0.2, 0) is 14.3 Å². The zero-order valence-electron chi connectivity index (χ0n) is 14.2. The third kappa shape index (κ3) is 4.89. The first-order chi connectivity index (χ1) is 11.5. The van der Waals surface area contributed by atoms with Gasteiger partial charge in [0.2, 0.25) is 5.91 Å². The molecule has 1 aliphatic heterocycles. The molecule has 130 valence electrons. The summed E-state index contributed by atoms with van der Waals surface area (Å²) >= 11 is 0. The van der Waals surface area contributed by atoms with Crippen molar-refractivity contribution >= 4 is 23.3 Å². The first kappa shape index (κ1) is 18.1. The van der Waals surface area contributed by atoms with Crippen LogP contribution in [0.3, 0.4) is 0 Å². The minimum absolute atomic E-state index is 0.0669. The molecule has 6 nitrogen and oxygen atoms in total. The Morgan fingerprint density at radius 2 is 1.88 bits per heavy atom. The molecule has 0 atom stereocenters. The summed E-state index contributed by atoms with van der Waals surface area (Å²) in [6.07, 6.45) is 1.41. The standard InChI is InChI=1S/C18H24N2O4/c1-3-24-18(23)14-8-10-20(11-9-14)12-17(22)19-16-7-5-4-6-15(16)13(2)21/h4-7,14H,3,8-12H2,1-2H3,(H,19,22). The number of likely N-dealkylation sites (tertiary alicyclic amines) is 1. The van der Waals surface area contributed by atoms with Crippen LogP contribution in [0.15, 0.2) is 24.3 Å². The number of piperidine rings is 1. The van der Waals surface area contributed by atoms with Crippen molar-refractivity contribution in [1.29, 1.82) is 0 Å². The molecular weight excluding hydrogens is 308 g/mol. The highest BCUT2D eigenvalue weighted by Crippen LogP contribution is 2.19. The number of rotatable bonds is 6. The molecule has 6 heteroatoms. The van der Waals surface area contributed by atoms with Crippen molar-refractivity contribution in [2.24, 2.45) is 5.92 Å². The van der Waals surface area contributed by atoms with Crippen molar-refractivity contribution in [3.8, 4) is 0 Å². The number of benzene rings is 1. The van der Waals surface area contributed by atoms with Crippen LogP contribution in [0, 0.1) is 5.92 Å². The minimum atomic E-state index is -0.154. The molecule has 0 aromatic heterocycles. The van der Waals surface area contributed by atoms with Crippen LogP contribution in [-0.4, -0.2) is 48.8 Å². The third-order valence-corrected chi connectivity index (χ3v) is 4.16. The number of ether oxygens (including phenoxy) is 1. The van der Waals surface area contributed by atoms with Gasteiger partial charge in [-0.2, -0.15) is 0 Å². The molecule has 1 aromatic rings. The number of para-hydroxylation sites is 1. The fourth-order valence-corrected chi connectivity index (χ4v) is 2.88. The summed E-state index contributed by atoms with van der Waals surface area (Å²) in [5.41, 5.74) is 1.04. The number of hydrogen-bond acceptors (Lipinski definition) is 5. The van der Waals surface area contributed by atoms with Crippen LogP contribution in [0.4, 0.5) is 5.69 Å². The summed E-state index contributed by atoms with van der Waals surface area (Å²) in [5, 5.41) is 2.80. The molecule has 0 bridgehead atoms. The summed E-state index contributed by atoms with van der Waals surface area (Å²) in [6.45, 7) is 5.30. The maximum Gasteiger partial charge on any atom is 0.309 e. The van der Waals surface area contributed by atoms with Crippen LogP contribution in [0.25, 0.3) is 0 Å². The second-order valence-corrected chi connectivity index (χ2v) is 5.95. The number of anilines is 1. The van der Waals surface area contributed by atoms with Crippen LogP contribution >= 0.6 is 0 Å². The van der Waals surface area contributed by atoms with E-state index >= 15 is 0 Å². The van der Waals surface area contributed by atoms with E-state index in [1.807, 2.05) is 4.90 Å². The first-order valence-electron chi connectivity index (χ1n) is 8.30. The number of Topliss-reactive ketones (excluding diaryl/α,β-unsaturated/α-hetero) is 1. The molecular formula is C18H24N2O4. The molecule has 0 aliphatic carbocycles. The largest absolute Gasteiger partial charge is 0.466 e. The summed E-state index contributed by atoms with van der Waals surface area (Å²) in [7, 11) is 0. The van der Waals surface area contributed by atoms with E-state index in [0.717, 1.165) is 0 Å². The quantitative estimate of drug-likeness (QED) is 0.638. The van der Waals surface area contributed by atoms with Gasteiger partial charge < -0.3 is 10.1 Å². The molecule has 0 radical (unpaired) electrons. The van der Waals surface area contributed by atoms with Crippen LogP contribution < -0.4 is 5.32 Å². The van der Waals surface area contributed by atoms with E-state index in [1.54, 1.807) is 31.2 Å². The van der Waals surface area contributed by atoms with E-state index in [0.29, 0.717) is 43.8 Å². The van der Waals surface area contributed by atoms with Crippen molar-refractivity contribution in [1.82, 2.24) is 4.90 Å². The zero-order valence-corrected chi connectivity index (χ0v) is 14.2. The average molecular weight is 332 g/mol. The summed E-state index contributed by atoms with van der Waals surface area (Å²) in [5.74, 6) is -0.445.